The van der Waals surface area contributed by atoms with E-state index in [1.807, 2.05) is 0 Å². The summed E-state index contributed by atoms with van der Waals surface area (Å²) in [5.74, 6) is 0.833. The number of thiazole rings is 1. The van der Waals surface area contributed by atoms with Crippen molar-refractivity contribution < 1.29 is 0 Å². The highest BCUT2D eigenvalue weighted by Gasteiger charge is 2.20. The van der Waals surface area contributed by atoms with Crippen LogP contribution in [0.25, 0.3) is 0 Å². The van der Waals surface area contributed by atoms with Gasteiger partial charge in [-0.05, 0) is 25.7 Å². The van der Waals surface area contributed by atoms with Crippen LogP contribution in [-0.2, 0) is 6.54 Å². The molecule has 1 aromatic rings. The maximum absolute atomic E-state index is 4.48. The third-order valence-electron chi connectivity index (χ3n) is 3.29. The largest absolute Gasteiger partial charge is 0.307 e. The predicted octanol–water partition coefficient (Wildman–Crippen LogP) is 3.12. The van der Waals surface area contributed by atoms with Crippen LogP contribution in [0.5, 0.6) is 0 Å². The normalized spacial score (nSPS) is 26.8. The summed E-state index contributed by atoms with van der Waals surface area (Å²) in [5.41, 5.74) is 1.15. The second-order valence-corrected chi connectivity index (χ2v) is 5.57. The van der Waals surface area contributed by atoms with Gasteiger partial charge in [-0.1, -0.05) is 19.8 Å². The molecule has 1 N–H and O–H groups in total. The van der Waals surface area contributed by atoms with Crippen molar-refractivity contribution in [3.05, 3.63) is 16.1 Å². The van der Waals surface area contributed by atoms with Gasteiger partial charge in [0.2, 0.25) is 0 Å². The molecule has 0 saturated heterocycles. The first-order valence-electron chi connectivity index (χ1n) is 5.90. The van der Waals surface area contributed by atoms with E-state index >= 15 is 0 Å². The third-order valence-corrected chi connectivity index (χ3v) is 4.26. The molecule has 1 fully saturated rings. The molecule has 1 aliphatic carbocycles. The summed E-state index contributed by atoms with van der Waals surface area (Å²) in [7, 11) is 0. The number of rotatable bonds is 3. The van der Waals surface area contributed by atoms with Gasteiger partial charge in [-0.15, -0.1) is 11.3 Å². The molecule has 1 saturated carbocycles. The van der Waals surface area contributed by atoms with Crippen molar-refractivity contribution in [3.8, 4) is 0 Å². The zero-order valence-electron chi connectivity index (χ0n) is 9.62. The van der Waals surface area contributed by atoms with Crippen molar-refractivity contribution in [3.63, 3.8) is 0 Å². The summed E-state index contributed by atoms with van der Waals surface area (Å²) < 4.78 is 0. The molecule has 0 radical (unpaired) electrons. The second kappa shape index (κ2) is 5.08. The molecule has 15 heavy (non-hydrogen) atoms. The van der Waals surface area contributed by atoms with Gasteiger partial charge >= 0.3 is 0 Å². The minimum absolute atomic E-state index is 0.711. The van der Waals surface area contributed by atoms with Gasteiger partial charge in [0, 0.05) is 23.7 Å². The van der Waals surface area contributed by atoms with E-state index in [0.29, 0.717) is 6.04 Å². The number of aryl methyl sites for hydroxylation is 1. The fraction of sp³-hybridized carbons (Fsp3) is 0.750. The first kappa shape index (κ1) is 11.1. The van der Waals surface area contributed by atoms with Crippen LogP contribution in [0.15, 0.2) is 5.38 Å². The van der Waals surface area contributed by atoms with Crippen molar-refractivity contribution in [2.75, 3.05) is 0 Å². The minimum atomic E-state index is 0.711. The predicted molar refractivity (Wildman–Crippen MR) is 65.1 cm³/mol. The Kier molecular flexibility index (Phi) is 3.76. The van der Waals surface area contributed by atoms with Crippen LogP contribution in [-0.4, -0.2) is 11.0 Å². The van der Waals surface area contributed by atoms with Crippen LogP contribution in [0.4, 0.5) is 0 Å². The molecule has 1 heterocycles. The molecular formula is C12H20N2S. The van der Waals surface area contributed by atoms with Crippen molar-refractivity contribution in [2.24, 2.45) is 5.92 Å². The van der Waals surface area contributed by atoms with Gasteiger partial charge in [0.25, 0.3) is 0 Å². The summed E-state index contributed by atoms with van der Waals surface area (Å²) in [4.78, 5) is 4.48. The van der Waals surface area contributed by atoms with Crippen LogP contribution in [0, 0.1) is 12.8 Å². The van der Waals surface area contributed by atoms with E-state index in [0.717, 1.165) is 18.2 Å². The summed E-state index contributed by atoms with van der Waals surface area (Å²) in [6.07, 6.45) is 5.52. The fourth-order valence-corrected chi connectivity index (χ4v) is 3.04. The lowest BCUT2D eigenvalue weighted by molar-refractivity contribution is 0.279. The van der Waals surface area contributed by atoms with E-state index < -0.39 is 0 Å². The van der Waals surface area contributed by atoms with Crippen molar-refractivity contribution >= 4 is 11.3 Å². The van der Waals surface area contributed by atoms with Gasteiger partial charge < -0.3 is 5.32 Å². The number of aromatic nitrogens is 1. The van der Waals surface area contributed by atoms with E-state index in [1.54, 1.807) is 11.3 Å². The Hall–Kier alpha value is -0.410. The monoisotopic (exact) mass is 224 g/mol. The van der Waals surface area contributed by atoms with E-state index in [-0.39, 0.29) is 0 Å². The van der Waals surface area contributed by atoms with Crippen LogP contribution in [0.2, 0.25) is 0 Å². The molecule has 1 aliphatic rings. The molecular weight excluding hydrogens is 204 g/mol. The molecule has 84 valence electrons. The minimum Gasteiger partial charge on any atom is -0.307 e. The highest BCUT2D eigenvalue weighted by molar-refractivity contribution is 7.09. The average Bonchev–Trinajstić information content (AvgIpc) is 2.63. The highest BCUT2D eigenvalue weighted by Crippen LogP contribution is 2.24. The molecule has 0 spiro atoms. The number of hydrogen-bond donors (Lipinski definition) is 1. The standard InChI is InChI=1S/C12H20N2S/c1-9-5-3-4-6-11(9)13-7-12-14-10(2)8-15-12/h8-9,11,13H,3-7H2,1-2H3. The quantitative estimate of drug-likeness (QED) is 0.853. The van der Waals surface area contributed by atoms with Gasteiger partial charge in [-0.25, -0.2) is 4.98 Å². The number of nitrogens with zero attached hydrogens (tertiary/aromatic N) is 1. The van der Waals surface area contributed by atoms with Crippen molar-refractivity contribution in [1.82, 2.24) is 10.3 Å². The molecule has 2 nitrogen and oxygen atoms in total. The summed E-state index contributed by atoms with van der Waals surface area (Å²) >= 11 is 1.77. The topological polar surface area (TPSA) is 24.9 Å². The molecule has 0 bridgehead atoms. The maximum atomic E-state index is 4.48. The Morgan fingerprint density at radius 3 is 2.93 bits per heavy atom. The zero-order valence-corrected chi connectivity index (χ0v) is 10.4. The van der Waals surface area contributed by atoms with Crippen LogP contribution < -0.4 is 5.32 Å². The van der Waals surface area contributed by atoms with Crippen molar-refractivity contribution in [1.29, 1.82) is 0 Å². The number of nitrogens with one attached hydrogen (secondary N) is 1. The Labute approximate surface area is 96.1 Å². The summed E-state index contributed by atoms with van der Waals surface area (Å²) in [5, 5.41) is 7.00. The Morgan fingerprint density at radius 2 is 2.27 bits per heavy atom. The van der Waals surface area contributed by atoms with Gasteiger partial charge in [0.1, 0.15) is 5.01 Å². The van der Waals surface area contributed by atoms with E-state index in [2.05, 4.69) is 29.5 Å². The number of hydrogen-bond acceptors (Lipinski definition) is 3. The van der Waals surface area contributed by atoms with Crippen LogP contribution >= 0.6 is 11.3 Å². The van der Waals surface area contributed by atoms with Gasteiger partial charge in [-0.3, -0.25) is 0 Å². The van der Waals surface area contributed by atoms with E-state index in [9.17, 15) is 0 Å². The molecule has 2 unspecified atom stereocenters. The summed E-state index contributed by atoms with van der Waals surface area (Å²) in [6, 6.07) is 0.711. The summed E-state index contributed by atoms with van der Waals surface area (Å²) in [6.45, 7) is 5.38. The fourth-order valence-electron chi connectivity index (χ4n) is 2.32. The lowest BCUT2D eigenvalue weighted by Gasteiger charge is -2.29. The average molecular weight is 224 g/mol. The SMILES string of the molecule is Cc1csc(CNC2CCCCC2C)n1. The molecule has 2 rings (SSSR count). The lowest BCUT2D eigenvalue weighted by Crippen LogP contribution is -2.36. The molecule has 2 atom stereocenters. The Morgan fingerprint density at radius 1 is 1.47 bits per heavy atom. The molecule has 1 aromatic heterocycles. The smallest absolute Gasteiger partial charge is 0.107 e. The second-order valence-electron chi connectivity index (χ2n) is 4.63. The van der Waals surface area contributed by atoms with Crippen molar-refractivity contribution in [2.45, 2.75) is 52.1 Å². The first-order chi connectivity index (χ1) is 7.25. The molecule has 0 aliphatic heterocycles. The van der Waals surface area contributed by atoms with E-state index in [1.165, 1.54) is 30.7 Å². The van der Waals surface area contributed by atoms with Crippen LogP contribution in [0.1, 0.15) is 43.3 Å². The lowest BCUT2D eigenvalue weighted by atomic mass is 9.86. The maximum Gasteiger partial charge on any atom is 0.107 e. The highest BCUT2D eigenvalue weighted by atomic mass is 32.1. The molecule has 0 aromatic carbocycles. The first-order valence-corrected chi connectivity index (χ1v) is 6.78. The Bertz CT molecular complexity index is 308. The molecule has 3 heteroatoms. The Balaban J connectivity index is 1.81. The van der Waals surface area contributed by atoms with E-state index in [4.69, 9.17) is 0 Å². The van der Waals surface area contributed by atoms with Gasteiger partial charge in [-0.2, -0.15) is 0 Å². The zero-order chi connectivity index (χ0) is 10.7. The molecule has 0 amide bonds. The van der Waals surface area contributed by atoms with Crippen LogP contribution in [0.3, 0.4) is 0 Å². The van der Waals surface area contributed by atoms with Gasteiger partial charge in [0.15, 0.2) is 0 Å². The third kappa shape index (κ3) is 3.02. The van der Waals surface area contributed by atoms with Gasteiger partial charge in [0.05, 0.1) is 0 Å².